The lowest BCUT2D eigenvalue weighted by Gasteiger charge is -2.35. The van der Waals surface area contributed by atoms with Gasteiger partial charge in [-0.3, -0.25) is 14.8 Å². The lowest BCUT2D eigenvalue weighted by Crippen LogP contribution is -2.23. The molecule has 0 atom stereocenters. The summed E-state index contributed by atoms with van der Waals surface area (Å²) in [4.78, 5) is 21.3. The Kier molecular flexibility index (Phi) is 7.70. The number of aliphatic carboxylic acids is 1. The number of nitrogens with zero attached hydrogens (tertiary/aromatic N) is 3. The van der Waals surface area contributed by atoms with E-state index in [2.05, 4.69) is 9.29 Å². The first-order valence-corrected chi connectivity index (χ1v) is 14.7. The van der Waals surface area contributed by atoms with Gasteiger partial charge < -0.3 is 19.3 Å². The van der Waals surface area contributed by atoms with Crippen LogP contribution in [0.1, 0.15) is 48.6 Å². The van der Waals surface area contributed by atoms with Gasteiger partial charge in [-0.2, -0.15) is 0 Å². The van der Waals surface area contributed by atoms with Gasteiger partial charge in [0.05, 0.1) is 48.3 Å². The number of aliphatic hydroxyl groups is 1. The third-order valence-corrected chi connectivity index (χ3v) is 7.97. The molecule has 2 N–H and O–H groups in total. The molecule has 2 aromatic heterocycles. The number of ether oxygens (including phenoxy) is 1. The zero-order chi connectivity index (χ0) is 29.6. The van der Waals surface area contributed by atoms with Gasteiger partial charge in [-0.25, -0.2) is 4.39 Å². The van der Waals surface area contributed by atoms with Crippen LogP contribution < -0.4 is 9.04 Å². The van der Waals surface area contributed by atoms with Gasteiger partial charge >= 0.3 is 5.97 Å². The fraction of sp³-hybridized carbons (Fsp3) is 0.344. The van der Waals surface area contributed by atoms with Gasteiger partial charge in [-0.05, 0) is 86.7 Å². The molecule has 0 saturated heterocycles. The molecule has 0 fully saturated rings. The summed E-state index contributed by atoms with van der Waals surface area (Å²) in [5, 5.41) is 19.4. The first kappa shape index (κ1) is 28.8. The van der Waals surface area contributed by atoms with Crippen molar-refractivity contribution in [1.82, 2.24) is 9.97 Å². The van der Waals surface area contributed by atoms with E-state index in [-0.39, 0.29) is 12.2 Å². The number of fused-ring (bicyclic) bond motifs is 3. The van der Waals surface area contributed by atoms with Crippen LogP contribution in [0.5, 0.6) is 5.75 Å². The predicted molar refractivity (Wildman–Crippen MR) is 162 cm³/mol. The second-order valence-corrected chi connectivity index (χ2v) is 12.2. The van der Waals surface area contributed by atoms with Crippen molar-refractivity contribution in [3.63, 3.8) is 0 Å². The van der Waals surface area contributed by atoms with Crippen LogP contribution in [-0.4, -0.2) is 44.6 Å². The number of aromatic nitrogens is 2. The highest BCUT2D eigenvalue weighted by Crippen LogP contribution is 2.51. The number of rotatable bonds is 4. The zero-order valence-electron chi connectivity index (χ0n) is 24.1. The fourth-order valence-electron chi connectivity index (χ4n) is 5.71. The molecule has 0 saturated carbocycles. The number of carboxylic acids is 1. The maximum Gasteiger partial charge on any atom is 0.307 e. The normalized spacial score (nSPS) is 13.6. The second-order valence-electron chi connectivity index (χ2n) is 11.4. The second kappa shape index (κ2) is 10.9. The lowest BCUT2D eigenvalue weighted by atomic mass is 9.81. The Morgan fingerprint density at radius 3 is 2.54 bits per heavy atom. The Balaban J connectivity index is 0.000000623. The highest BCUT2D eigenvalue weighted by atomic mass is 32.2. The number of carbonyl (C=O) groups is 1. The zero-order valence-corrected chi connectivity index (χ0v) is 24.9. The van der Waals surface area contributed by atoms with Crippen LogP contribution in [0, 0.1) is 19.7 Å². The minimum Gasteiger partial charge on any atom is -0.493 e. The van der Waals surface area contributed by atoms with E-state index in [0.29, 0.717) is 13.2 Å². The van der Waals surface area contributed by atoms with Crippen molar-refractivity contribution in [1.29, 1.82) is 0 Å². The smallest absolute Gasteiger partial charge is 0.307 e. The van der Waals surface area contributed by atoms with Crippen LogP contribution in [-0.2, 0) is 24.2 Å². The summed E-state index contributed by atoms with van der Waals surface area (Å²) in [6.07, 6.45) is 5.70. The monoisotopic (exact) mass is 575 g/mol. The molecule has 0 radical (unpaired) electrons. The minimum absolute atomic E-state index is 0.124. The summed E-state index contributed by atoms with van der Waals surface area (Å²) in [7, 11) is 0. The summed E-state index contributed by atoms with van der Waals surface area (Å²) in [6, 6.07) is 7.49. The number of carboxylic acid groups (broad SMARTS) is 1. The summed E-state index contributed by atoms with van der Waals surface area (Å²) >= 11 is 1.53. The molecular formula is C32H34FN3O4S. The molecule has 0 bridgehead atoms. The maximum atomic E-state index is 14.1. The molecule has 2 aliphatic heterocycles. The van der Waals surface area contributed by atoms with Crippen molar-refractivity contribution in [3.8, 4) is 28.1 Å². The highest BCUT2D eigenvalue weighted by Gasteiger charge is 2.32. The predicted octanol–water partition coefficient (Wildman–Crippen LogP) is 6.66. The lowest BCUT2D eigenvalue weighted by molar-refractivity contribution is -0.136. The average Bonchev–Trinajstić information content (AvgIpc) is 2.90. The number of pyridine rings is 2. The largest absolute Gasteiger partial charge is 0.493 e. The van der Waals surface area contributed by atoms with E-state index in [4.69, 9.17) is 14.8 Å². The van der Waals surface area contributed by atoms with Gasteiger partial charge in [0.1, 0.15) is 11.6 Å². The van der Waals surface area contributed by atoms with E-state index < -0.39 is 11.6 Å². The topological polar surface area (TPSA) is 95.8 Å². The molecule has 0 aliphatic carbocycles. The minimum atomic E-state index is -0.898. The standard InChI is InChI=1S/C28H24FN3O3S.C4H10O/c1-14-20(11-22(33)34)23(19-4-5-21-25-16(7-9-35-21)6-8-30-27(19)25)15(2)24-26-17(10-18(29)12-31-26)13-32(36-3)28(14)24;1-4(2,3)5/h4-6,8,10,12H,7,9,11,13H2,1-3H3,(H,33,34);5H,1-3H3. The average molecular weight is 576 g/mol. The number of halogens is 1. The van der Waals surface area contributed by atoms with E-state index >= 15 is 0 Å². The SMILES string of the molecule is CC(C)(C)O.CSN1Cc2cc(F)cnc2-c2c(C)c(-c3ccc4c5c(ccnc35)CCO4)c(CC(=O)O)c(C)c21. The first-order valence-electron chi connectivity index (χ1n) is 13.5. The van der Waals surface area contributed by atoms with Gasteiger partial charge in [-0.15, -0.1) is 0 Å². The van der Waals surface area contributed by atoms with Crippen molar-refractivity contribution in [2.45, 2.75) is 59.6 Å². The molecule has 0 unspecified atom stereocenters. The Morgan fingerprint density at radius 2 is 1.85 bits per heavy atom. The van der Waals surface area contributed by atoms with Gasteiger partial charge in [0.25, 0.3) is 0 Å². The van der Waals surface area contributed by atoms with Crippen LogP contribution in [0.2, 0.25) is 0 Å². The molecule has 2 aliphatic rings. The fourth-order valence-corrected chi connectivity index (χ4v) is 6.38. The van der Waals surface area contributed by atoms with Crippen LogP contribution in [0.25, 0.3) is 33.3 Å². The van der Waals surface area contributed by atoms with Crippen molar-refractivity contribution in [3.05, 3.63) is 70.3 Å². The first-order chi connectivity index (χ1) is 19.4. The number of hydrogen-bond acceptors (Lipinski definition) is 7. The Morgan fingerprint density at radius 1 is 1.12 bits per heavy atom. The molecule has 41 heavy (non-hydrogen) atoms. The van der Waals surface area contributed by atoms with Gasteiger partial charge in [-0.1, -0.05) is 11.9 Å². The van der Waals surface area contributed by atoms with Crippen LogP contribution in [0.4, 0.5) is 10.1 Å². The summed E-state index contributed by atoms with van der Waals surface area (Å²) < 4.78 is 22.2. The third kappa shape index (κ3) is 5.48. The van der Waals surface area contributed by atoms with Crippen LogP contribution in [0.3, 0.4) is 0 Å². The Labute approximate surface area is 243 Å². The molecular weight excluding hydrogens is 541 g/mol. The van der Waals surface area contributed by atoms with E-state index in [1.165, 1.54) is 29.8 Å². The Hall–Kier alpha value is -3.69. The van der Waals surface area contributed by atoms with Crippen molar-refractivity contribution < 1.29 is 24.1 Å². The van der Waals surface area contributed by atoms with Crippen molar-refractivity contribution in [2.24, 2.45) is 0 Å². The molecule has 9 heteroatoms. The molecule has 4 aromatic rings. The van der Waals surface area contributed by atoms with Crippen molar-refractivity contribution in [2.75, 3.05) is 17.2 Å². The van der Waals surface area contributed by atoms with Crippen LogP contribution >= 0.6 is 11.9 Å². The molecule has 214 valence electrons. The van der Waals surface area contributed by atoms with Gasteiger partial charge in [0.2, 0.25) is 0 Å². The van der Waals surface area contributed by atoms with Crippen molar-refractivity contribution >= 4 is 34.5 Å². The van der Waals surface area contributed by atoms with E-state index in [0.717, 1.165) is 73.4 Å². The number of hydrogen-bond donors (Lipinski definition) is 2. The Bertz CT molecular complexity index is 1670. The highest BCUT2D eigenvalue weighted by molar-refractivity contribution is 7.99. The van der Waals surface area contributed by atoms with E-state index in [9.17, 15) is 14.3 Å². The number of benzene rings is 2. The van der Waals surface area contributed by atoms with Crippen LogP contribution in [0.15, 0.2) is 36.7 Å². The summed E-state index contributed by atoms with van der Waals surface area (Å²) in [5.74, 6) is -0.473. The third-order valence-electron chi connectivity index (χ3n) is 7.22. The quantitative estimate of drug-likeness (QED) is 0.261. The molecule has 0 spiro atoms. The molecule has 0 amide bonds. The van der Waals surface area contributed by atoms with Gasteiger partial charge in [0.15, 0.2) is 0 Å². The summed E-state index contributed by atoms with van der Waals surface area (Å²) in [5.41, 5.74) is 9.10. The van der Waals surface area contributed by atoms with E-state index in [1.54, 1.807) is 20.8 Å². The molecule has 6 rings (SSSR count). The molecule has 7 nitrogen and oxygen atoms in total. The molecule has 4 heterocycles. The summed E-state index contributed by atoms with van der Waals surface area (Å²) in [6.45, 7) is 10.3. The maximum absolute atomic E-state index is 14.1. The number of anilines is 1. The van der Waals surface area contributed by atoms with Gasteiger partial charge in [0, 0.05) is 41.0 Å². The van der Waals surface area contributed by atoms with E-state index in [1.807, 2.05) is 44.5 Å². The molecule has 2 aromatic carbocycles.